The third-order valence-corrected chi connectivity index (χ3v) is 10.6. The van der Waals surface area contributed by atoms with Crippen LogP contribution in [0.4, 0.5) is 5.95 Å². The van der Waals surface area contributed by atoms with Gasteiger partial charge in [-0.05, 0) is 25.3 Å². The molecule has 2 saturated heterocycles. The molecule has 6 heterocycles. The molecule has 4 aromatic rings. The van der Waals surface area contributed by atoms with Gasteiger partial charge in [0.15, 0.2) is 11.2 Å². The average molecular weight is 784 g/mol. The van der Waals surface area contributed by atoms with Crippen LogP contribution in [-0.2, 0) is 32.2 Å². The molecule has 44 heavy (non-hydrogen) atoms. The number of hydrogen-bond acceptors (Lipinski definition) is 13. The van der Waals surface area contributed by atoms with Crippen molar-refractivity contribution >= 4 is 69.1 Å². The van der Waals surface area contributed by atoms with Gasteiger partial charge in [0, 0.05) is 24.5 Å². The van der Waals surface area contributed by atoms with E-state index >= 15 is 0 Å². The van der Waals surface area contributed by atoms with Crippen LogP contribution < -0.4 is 17.0 Å². The Kier molecular flexibility index (Phi) is 9.10. The molecule has 0 saturated carbocycles. The standard InChI is InChI=1S/C22H27IN8O10P2S/c23-42(34,38-9-13-1-2-16(40-13)30-5-3-15-25-4-6-29(15)22(30)33)37-8-12-7-14(10-39-43(35,36)44)41-20(12)31-11-26-17-18(31)27-21(24)28-19(17)32/h3-6,11-14,16,20H,1-2,7-10H2,(H2,35,36,44)(H3,24,27,28,32)/t12?,13-,14-,16+,20+,42?/m0/s1. The fourth-order valence-corrected chi connectivity index (χ4v) is 7.55. The molecule has 0 bridgehead atoms. The maximum Gasteiger partial charge on any atom is 0.388 e. The van der Waals surface area contributed by atoms with Crippen LogP contribution in [-0.4, -0.2) is 70.4 Å². The van der Waals surface area contributed by atoms with Gasteiger partial charge in [-0.15, -0.1) is 0 Å². The van der Waals surface area contributed by atoms with E-state index < -0.39 is 48.2 Å². The van der Waals surface area contributed by atoms with Crippen molar-refractivity contribution < 1.29 is 37.1 Å². The third-order valence-electron chi connectivity index (χ3n) is 7.19. The highest BCUT2D eigenvalue weighted by Crippen LogP contribution is 2.58. The summed E-state index contributed by atoms with van der Waals surface area (Å²) in [5.74, 6) is -0.620. The van der Waals surface area contributed by atoms with E-state index in [2.05, 4.69) is 32.2 Å². The Labute approximate surface area is 265 Å². The average Bonchev–Trinajstić information content (AvgIpc) is 3.75. The summed E-state index contributed by atoms with van der Waals surface area (Å²) in [7, 11) is 0. The van der Waals surface area contributed by atoms with E-state index in [9.17, 15) is 23.6 Å². The molecule has 2 unspecified atom stereocenters. The van der Waals surface area contributed by atoms with Crippen LogP contribution in [0.15, 0.2) is 40.6 Å². The van der Waals surface area contributed by atoms with Crippen molar-refractivity contribution in [2.75, 3.05) is 25.6 Å². The molecule has 0 radical (unpaired) electrons. The summed E-state index contributed by atoms with van der Waals surface area (Å²) in [4.78, 5) is 49.3. The first-order chi connectivity index (χ1) is 20.9. The van der Waals surface area contributed by atoms with E-state index in [1.54, 1.807) is 46.7 Å². The minimum absolute atomic E-state index is 0.0300. The number of thiol groups is 1. The zero-order valence-corrected chi connectivity index (χ0v) is 27.5. The number of nitrogens with zero attached hydrogens (tertiary/aromatic N) is 6. The first-order valence-corrected chi connectivity index (χ1v) is 20.3. The topological polar surface area (TPSA) is 229 Å². The van der Waals surface area contributed by atoms with Gasteiger partial charge in [-0.2, -0.15) is 4.98 Å². The van der Waals surface area contributed by atoms with Gasteiger partial charge in [-0.1, -0.05) is 12.2 Å². The minimum atomic E-state index is -4.08. The van der Waals surface area contributed by atoms with E-state index in [1.165, 1.54) is 19.9 Å². The second-order valence-corrected chi connectivity index (χ2v) is 17.9. The Bertz CT molecular complexity index is 1890. The Morgan fingerprint density at radius 3 is 2.66 bits per heavy atom. The van der Waals surface area contributed by atoms with Crippen LogP contribution in [0.1, 0.15) is 31.7 Å². The normalized spacial score (nSPS) is 26.8. The van der Waals surface area contributed by atoms with Gasteiger partial charge < -0.3 is 24.6 Å². The number of fused-ring (bicyclic) bond motifs is 2. The SMILES string of the molecule is Nc1nc2c(ncn2[C@@H]2O[C@H](CO[P@](=O)(O)S)CC2COP(=O)(I)OC[C@@H]2CC[C@H](n3ccc4nccn4c3=O)O2)c(=O)[nH]1. The lowest BCUT2D eigenvalue weighted by Crippen LogP contribution is -2.29. The Hall–Kier alpha value is -2.13. The van der Waals surface area contributed by atoms with Gasteiger partial charge in [0.05, 0.1) is 60.4 Å². The largest absolute Gasteiger partial charge is 0.388 e. The smallest absolute Gasteiger partial charge is 0.369 e. The Morgan fingerprint density at radius 2 is 1.86 bits per heavy atom. The van der Waals surface area contributed by atoms with Crippen molar-refractivity contribution in [1.29, 1.82) is 0 Å². The highest BCUT2D eigenvalue weighted by Gasteiger charge is 2.40. The summed E-state index contributed by atoms with van der Waals surface area (Å²) < 4.78 is 57.6. The molecule has 2 aliphatic heterocycles. The molecule has 4 aromatic heterocycles. The van der Waals surface area contributed by atoms with Gasteiger partial charge in [0.2, 0.25) is 5.95 Å². The summed E-state index contributed by atoms with van der Waals surface area (Å²) in [5.41, 5.74) is 5.62. The first kappa shape index (κ1) is 31.8. The molecular formula is C22H27IN8O10P2S. The minimum Gasteiger partial charge on any atom is -0.369 e. The summed E-state index contributed by atoms with van der Waals surface area (Å²) in [6, 6.07) is 1.72. The number of aromatic nitrogens is 7. The van der Waals surface area contributed by atoms with Crippen molar-refractivity contribution in [2.45, 2.75) is 43.9 Å². The molecule has 7 atom stereocenters. The number of anilines is 1. The molecule has 0 amide bonds. The van der Waals surface area contributed by atoms with E-state index in [0.29, 0.717) is 18.5 Å². The maximum absolute atomic E-state index is 13.3. The zero-order valence-electron chi connectivity index (χ0n) is 22.6. The summed E-state index contributed by atoms with van der Waals surface area (Å²) in [6.45, 7) is -4.49. The third kappa shape index (κ3) is 6.98. The van der Waals surface area contributed by atoms with Gasteiger partial charge in [0.25, 0.3) is 5.56 Å². The second-order valence-electron chi connectivity index (χ2n) is 10.2. The molecular weight excluding hydrogens is 757 g/mol. The van der Waals surface area contributed by atoms with Crippen LogP contribution in [0, 0.1) is 5.92 Å². The number of aromatic amines is 1. The molecule has 18 nitrogen and oxygen atoms in total. The van der Waals surface area contributed by atoms with Crippen molar-refractivity contribution in [3.63, 3.8) is 0 Å². The van der Waals surface area contributed by atoms with E-state index in [4.69, 9.17) is 28.8 Å². The van der Waals surface area contributed by atoms with Crippen LogP contribution in [0.2, 0.25) is 0 Å². The molecule has 6 rings (SSSR count). The molecule has 2 aliphatic rings. The van der Waals surface area contributed by atoms with Crippen molar-refractivity contribution in [3.05, 3.63) is 51.8 Å². The molecule has 0 spiro atoms. The number of rotatable bonds is 11. The van der Waals surface area contributed by atoms with Crippen molar-refractivity contribution in [2.24, 2.45) is 5.92 Å². The van der Waals surface area contributed by atoms with Gasteiger partial charge in [-0.3, -0.25) is 32.4 Å². The summed E-state index contributed by atoms with van der Waals surface area (Å²) in [5, 5.41) is -3.64. The number of nitrogens with one attached hydrogen (secondary N) is 1. The lowest BCUT2D eigenvalue weighted by atomic mass is 10.0. The zero-order chi connectivity index (χ0) is 31.2. The van der Waals surface area contributed by atoms with Crippen LogP contribution in [0.25, 0.3) is 16.8 Å². The van der Waals surface area contributed by atoms with Gasteiger partial charge >= 0.3 is 17.7 Å². The monoisotopic (exact) mass is 784 g/mol. The fraction of sp³-hybridized carbons (Fsp3) is 0.500. The number of nitrogens with two attached hydrogens (primary N) is 1. The number of H-pyrrole nitrogens is 1. The van der Waals surface area contributed by atoms with E-state index in [-0.39, 0.29) is 49.0 Å². The number of halogens is 1. The first-order valence-electron chi connectivity index (χ1n) is 13.2. The predicted octanol–water partition coefficient (Wildman–Crippen LogP) is 2.42. The molecule has 4 N–H and O–H groups in total. The van der Waals surface area contributed by atoms with Crippen LogP contribution in [0.3, 0.4) is 0 Å². The van der Waals surface area contributed by atoms with Crippen molar-refractivity contribution in [1.82, 2.24) is 33.5 Å². The lowest BCUT2D eigenvalue weighted by Gasteiger charge is -2.22. The van der Waals surface area contributed by atoms with E-state index in [1.807, 2.05) is 0 Å². The van der Waals surface area contributed by atoms with Crippen molar-refractivity contribution in [3.8, 4) is 0 Å². The predicted molar refractivity (Wildman–Crippen MR) is 165 cm³/mol. The molecule has 0 aromatic carbocycles. The molecule has 2 fully saturated rings. The second kappa shape index (κ2) is 12.6. The summed E-state index contributed by atoms with van der Waals surface area (Å²) in [6.07, 6.45) is 5.03. The Morgan fingerprint density at radius 1 is 1.09 bits per heavy atom. The highest BCUT2D eigenvalue weighted by atomic mass is 127. The highest BCUT2D eigenvalue weighted by molar-refractivity contribution is 14.2. The number of hydrogen-bond donors (Lipinski definition) is 4. The maximum atomic E-state index is 13.3. The van der Waals surface area contributed by atoms with Gasteiger partial charge in [-0.25, -0.2) is 23.9 Å². The van der Waals surface area contributed by atoms with Crippen LogP contribution >= 0.6 is 46.3 Å². The van der Waals surface area contributed by atoms with E-state index in [0.717, 1.165) is 0 Å². The number of imidazole rings is 2. The summed E-state index contributed by atoms with van der Waals surface area (Å²) >= 11 is 5.14. The van der Waals surface area contributed by atoms with Crippen LogP contribution in [0.5, 0.6) is 0 Å². The lowest BCUT2D eigenvalue weighted by molar-refractivity contribution is -0.0339. The quantitative estimate of drug-likeness (QED) is 0.0973. The number of nitrogen functional groups attached to an aromatic ring is 1. The molecule has 22 heteroatoms. The molecule has 0 aliphatic carbocycles. The Balaban J connectivity index is 1.10. The molecule has 238 valence electrons. The number of ether oxygens (including phenoxy) is 2. The van der Waals surface area contributed by atoms with Gasteiger partial charge in [0.1, 0.15) is 18.1 Å². The fourth-order valence-electron chi connectivity index (χ4n) is 5.24.